The fraction of sp³-hybridized carbons (Fsp3) is 0.545. The third-order valence-corrected chi connectivity index (χ3v) is 3.99. The van der Waals surface area contributed by atoms with Gasteiger partial charge in [-0.1, -0.05) is 0 Å². The number of hydrogen-bond acceptors (Lipinski definition) is 6. The highest BCUT2D eigenvalue weighted by molar-refractivity contribution is 9.10. The van der Waals surface area contributed by atoms with Crippen molar-refractivity contribution >= 4 is 26.0 Å². The van der Waals surface area contributed by atoms with Crippen molar-refractivity contribution in [1.82, 2.24) is 9.97 Å². The Balaban J connectivity index is 2.38. The highest BCUT2D eigenvalue weighted by Crippen LogP contribution is 2.55. The van der Waals surface area contributed by atoms with E-state index in [-0.39, 0.29) is 18.7 Å². The first-order valence-corrected chi connectivity index (χ1v) is 8.09. The van der Waals surface area contributed by atoms with Crippen LogP contribution in [0.2, 0.25) is 0 Å². The minimum Gasteiger partial charge on any atom is -0.255 e. The zero-order valence-electron chi connectivity index (χ0n) is 10.4. The van der Waals surface area contributed by atoms with Gasteiger partial charge in [-0.3, -0.25) is 4.18 Å². The third-order valence-electron chi connectivity index (χ3n) is 2.96. The van der Waals surface area contributed by atoms with E-state index >= 15 is 0 Å². The summed E-state index contributed by atoms with van der Waals surface area (Å²) in [6, 6.07) is 2.16. The summed E-state index contributed by atoms with van der Waals surface area (Å²) in [5, 5.41) is 9.06. The molecule has 0 aromatic carbocycles. The molecule has 0 unspecified atom stereocenters. The molecule has 0 bridgehead atoms. The number of halogens is 1. The highest BCUT2D eigenvalue weighted by atomic mass is 79.9. The number of nitriles is 1. The molecule has 6 nitrogen and oxygen atoms in total. The number of rotatable bonds is 3. The highest BCUT2D eigenvalue weighted by Gasteiger charge is 2.58. The number of nitrogens with zero attached hydrogens (tertiary/aromatic N) is 3. The summed E-state index contributed by atoms with van der Waals surface area (Å²) in [6.07, 6.45) is 4.54. The molecule has 8 heteroatoms. The standard InChI is InChI=1S/C11H12BrN3O3S/c1-10(7-13)5-11(6-10,18-19(2,16)17)9-14-3-8(12)4-15-9/h3-4H,5-6H2,1-2H3. The van der Waals surface area contributed by atoms with Crippen molar-refractivity contribution in [3.63, 3.8) is 0 Å². The molecule has 0 spiro atoms. The average Bonchev–Trinajstić information content (AvgIpc) is 2.25. The van der Waals surface area contributed by atoms with E-state index in [0.29, 0.717) is 4.47 Å². The van der Waals surface area contributed by atoms with Gasteiger partial charge in [0.15, 0.2) is 5.82 Å². The molecule has 1 aliphatic rings. The van der Waals surface area contributed by atoms with Crippen LogP contribution in [0.5, 0.6) is 0 Å². The maximum atomic E-state index is 11.4. The van der Waals surface area contributed by atoms with Crippen molar-refractivity contribution in [3.05, 3.63) is 22.7 Å². The van der Waals surface area contributed by atoms with Crippen molar-refractivity contribution in [1.29, 1.82) is 5.26 Å². The van der Waals surface area contributed by atoms with Crippen LogP contribution in [0.1, 0.15) is 25.6 Å². The molecule has 102 valence electrons. The van der Waals surface area contributed by atoms with Crippen molar-refractivity contribution in [2.75, 3.05) is 6.26 Å². The summed E-state index contributed by atoms with van der Waals surface area (Å²) in [5.41, 5.74) is -1.74. The Hall–Kier alpha value is -1.04. The van der Waals surface area contributed by atoms with Crippen LogP contribution in [-0.2, 0) is 19.9 Å². The Morgan fingerprint density at radius 3 is 2.37 bits per heavy atom. The van der Waals surface area contributed by atoms with Gasteiger partial charge in [-0.15, -0.1) is 0 Å². The van der Waals surface area contributed by atoms with Crippen molar-refractivity contribution in [2.45, 2.75) is 25.4 Å². The van der Waals surface area contributed by atoms with Crippen LogP contribution in [0.25, 0.3) is 0 Å². The molecule has 1 aromatic heterocycles. The minimum absolute atomic E-state index is 0.255. The zero-order valence-corrected chi connectivity index (χ0v) is 12.8. The summed E-state index contributed by atoms with van der Waals surface area (Å²) in [4.78, 5) is 8.20. The maximum absolute atomic E-state index is 11.4. The molecule has 1 fully saturated rings. The van der Waals surface area contributed by atoms with Gasteiger partial charge in [0.1, 0.15) is 5.60 Å². The van der Waals surface area contributed by atoms with Gasteiger partial charge in [0, 0.05) is 25.2 Å². The van der Waals surface area contributed by atoms with E-state index in [1.807, 2.05) is 0 Å². The largest absolute Gasteiger partial charge is 0.265 e. The van der Waals surface area contributed by atoms with Gasteiger partial charge in [0.25, 0.3) is 10.1 Å². The van der Waals surface area contributed by atoms with Crippen LogP contribution in [-0.4, -0.2) is 24.6 Å². The SMILES string of the molecule is CC1(C#N)CC(OS(C)(=O)=O)(c2ncc(Br)cn2)C1. The molecular formula is C11H12BrN3O3S. The first kappa shape index (κ1) is 14.4. The van der Waals surface area contributed by atoms with Gasteiger partial charge in [-0.2, -0.15) is 13.7 Å². The van der Waals surface area contributed by atoms with Gasteiger partial charge in [-0.05, 0) is 22.9 Å². The Bertz CT molecular complexity index is 630. The van der Waals surface area contributed by atoms with Gasteiger partial charge in [0.2, 0.25) is 0 Å². The lowest BCUT2D eigenvalue weighted by molar-refractivity contribution is -0.0818. The molecule has 1 aromatic rings. The normalized spacial score (nSPS) is 30.4. The predicted octanol–water partition coefficient (Wildman–Crippen LogP) is 1.73. The number of hydrogen-bond donors (Lipinski definition) is 0. The fourth-order valence-corrected chi connectivity index (χ4v) is 3.36. The van der Waals surface area contributed by atoms with E-state index in [0.717, 1.165) is 6.26 Å². The minimum atomic E-state index is -3.66. The van der Waals surface area contributed by atoms with Crippen LogP contribution < -0.4 is 0 Å². The summed E-state index contributed by atoms with van der Waals surface area (Å²) in [6.45, 7) is 1.76. The molecule has 0 N–H and O–H groups in total. The van der Waals surface area contributed by atoms with Crippen LogP contribution in [0.4, 0.5) is 0 Å². The van der Waals surface area contributed by atoms with Crippen molar-refractivity contribution in [2.24, 2.45) is 5.41 Å². The smallest absolute Gasteiger partial charge is 0.255 e. The van der Waals surface area contributed by atoms with Crippen LogP contribution in [0, 0.1) is 16.7 Å². The van der Waals surface area contributed by atoms with E-state index in [1.54, 1.807) is 6.92 Å². The first-order valence-electron chi connectivity index (χ1n) is 5.48. The molecule has 0 amide bonds. The average molecular weight is 346 g/mol. The monoisotopic (exact) mass is 345 g/mol. The molecule has 0 aliphatic heterocycles. The van der Waals surface area contributed by atoms with Crippen LogP contribution >= 0.6 is 15.9 Å². The van der Waals surface area contributed by atoms with E-state index in [9.17, 15) is 8.42 Å². The van der Waals surface area contributed by atoms with Crippen molar-refractivity contribution in [3.8, 4) is 6.07 Å². The summed E-state index contributed by atoms with van der Waals surface area (Å²) < 4.78 is 28.7. The topological polar surface area (TPSA) is 92.9 Å². The molecule has 2 rings (SSSR count). The Morgan fingerprint density at radius 1 is 1.42 bits per heavy atom. The predicted molar refractivity (Wildman–Crippen MR) is 70.3 cm³/mol. The van der Waals surface area contributed by atoms with E-state index in [4.69, 9.17) is 9.44 Å². The molecule has 0 radical (unpaired) electrons. The van der Waals surface area contributed by atoms with E-state index < -0.39 is 21.1 Å². The molecule has 1 heterocycles. The van der Waals surface area contributed by atoms with Crippen LogP contribution in [0.3, 0.4) is 0 Å². The molecular weight excluding hydrogens is 334 g/mol. The van der Waals surface area contributed by atoms with Crippen molar-refractivity contribution < 1.29 is 12.6 Å². The van der Waals surface area contributed by atoms with Gasteiger partial charge in [0.05, 0.1) is 22.2 Å². The summed E-state index contributed by atoms with van der Waals surface area (Å²) >= 11 is 3.21. The molecule has 1 aliphatic carbocycles. The molecule has 0 saturated heterocycles. The summed E-state index contributed by atoms with van der Waals surface area (Å²) in [5.74, 6) is 0.286. The third kappa shape index (κ3) is 2.94. The Morgan fingerprint density at radius 2 is 1.95 bits per heavy atom. The van der Waals surface area contributed by atoms with E-state index in [2.05, 4.69) is 32.0 Å². The second kappa shape index (κ2) is 4.51. The second-order valence-electron chi connectivity index (χ2n) is 5.03. The lowest BCUT2D eigenvalue weighted by Gasteiger charge is -2.48. The van der Waals surface area contributed by atoms with Gasteiger partial charge in [-0.25, -0.2) is 9.97 Å². The summed E-state index contributed by atoms with van der Waals surface area (Å²) in [7, 11) is -3.66. The lowest BCUT2D eigenvalue weighted by atomic mass is 9.60. The Labute approximate surface area is 120 Å². The molecule has 1 saturated carbocycles. The molecule has 0 atom stereocenters. The maximum Gasteiger partial charge on any atom is 0.265 e. The molecule has 19 heavy (non-hydrogen) atoms. The first-order chi connectivity index (χ1) is 8.68. The second-order valence-corrected chi connectivity index (χ2v) is 7.52. The van der Waals surface area contributed by atoms with Crippen LogP contribution in [0.15, 0.2) is 16.9 Å². The number of aromatic nitrogens is 2. The van der Waals surface area contributed by atoms with E-state index in [1.165, 1.54) is 12.4 Å². The Kier molecular flexibility index (Phi) is 3.41. The lowest BCUT2D eigenvalue weighted by Crippen LogP contribution is -2.51. The zero-order chi connectivity index (χ0) is 14.3. The fourth-order valence-electron chi connectivity index (χ4n) is 2.38. The van der Waals surface area contributed by atoms with Gasteiger partial charge < -0.3 is 0 Å². The van der Waals surface area contributed by atoms with Gasteiger partial charge >= 0.3 is 0 Å². The quantitative estimate of drug-likeness (QED) is 0.774.